The van der Waals surface area contributed by atoms with E-state index in [0.29, 0.717) is 10.5 Å². The van der Waals surface area contributed by atoms with Gasteiger partial charge in [-0.1, -0.05) is 0 Å². The van der Waals surface area contributed by atoms with Crippen molar-refractivity contribution in [3.05, 3.63) is 16.5 Å². The fraction of sp³-hybridized carbons (Fsp3) is 0.273. The Morgan fingerprint density at radius 3 is 2.71 bits per heavy atom. The van der Waals surface area contributed by atoms with Crippen molar-refractivity contribution < 1.29 is 9.90 Å². The molecule has 6 heteroatoms. The first-order valence-electron chi connectivity index (χ1n) is 5.02. The van der Waals surface area contributed by atoms with Crippen LogP contribution in [-0.4, -0.2) is 30.2 Å². The van der Waals surface area contributed by atoms with Gasteiger partial charge < -0.3 is 15.7 Å². The quantitative estimate of drug-likeness (QED) is 0.852. The summed E-state index contributed by atoms with van der Waals surface area (Å²) in [6.07, 6.45) is 0. The Bertz CT molecular complexity index is 604. The highest BCUT2D eigenvalue weighted by molar-refractivity contribution is 7.21. The minimum absolute atomic E-state index is 0.159. The number of hydrogen-bond acceptors (Lipinski definition) is 5. The first kappa shape index (κ1) is 11.7. The number of nitrogens with two attached hydrogens (primary N) is 1. The maximum Gasteiger partial charge on any atom is 0.348 e. The van der Waals surface area contributed by atoms with Crippen LogP contribution in [0, 0.1) is 6.92 Å². The average Bonchev–Trinajstić information content (AvgIpc) is 2.56. The number of carbonyl (C=O) groups is 1. The predicted octanol–water partition coefficient (Wildman–Crippen LogP) is 1.95. The molecular formula is C11H13N3O2S. The summed E-state index contributed by atoms with van der Waals surface area (Å²) in [6.45, 7) is 1.91. The van der Waals surface area contributed by atoms with E-state index in [1.54, 1.807) is 0 Å². The normalized spacial score (nSPS) is 10.8. The zero-order chi connectivity index (χ0) is 12.7. The van der Waals surface area contributed by atoms with E-state index in [-0.39, 0.29) is 4.88 Å². The second kappa shape index (κ2) is 3.89. The first-order valence-corrected chi connectivity index (χ1v) is 5.83. The third-order valence-corrected chi connectivity index (χ3v) is 3.62. The fourth-order valence-corrected chi connectivity index (χ4v) is 2.69. The predicted molar refractivity (Wildman–Crippen MR) is 70.1 cm³/mol. The zero-order valence-electron chi connectivity index (χ0n) is 9.81. The molecule has 0 fully saturated rings. The highest BCUT2D eigenvalue weighted by atomic mass is 32.1. The molecule has 3 N–H and O–H groups in total. The second-order valence-corrected chi connectivity index (χ2v) is 5.02. The number of carboxylic acids is 1. The van der Waals surface area contributed by atoms with Gasteiger partial charge in [0.2, 0.25) is 0 Å². The molecule has 0 spiro atoms. The highest BCUT2D eigenvalue weighted by Gasteiger charge is 2.18. The first-order chi connectivity index (χ1) is 7.91. The lowest BCUT2D eigenvalue weighted by molar-refractivity contribution is 0.0703. The SMILES string of the molecule is Cc1cc(N(C)C)nc2sc(C(=O)O)c(N)c12. The molecule has 0 amide bonds. The van der Waals surface area contributed by atoms with Gasteiger partial charge in [0.1, 0.15) is 15.5 Å². The maximum atomic E-state index is 11.0. The van der Waals surface area contributed by atoms with Crippen LogP contribution in [0.2, 0.25) is 0 Å². The molecule has 0 aliphatic carbocycles. The number of aromatic carboxylic acids is 1. The molecule has 2 heterocycles. The summed E-state index contributed by atoms with van der Waals surface area (Å²) in [7, 11) is 3.78. The number of nitrogens with zero attached hydrogens (tertiary/aromatic N) is 2. The van der Waals surface area contributed by atoms with Crippen molar-refractivity contribution in [3.8, 4) is 0 Å². The fourth-order valence-electron chi connectivity index (χ4n) is 1.68. The van der Waals surface area contributed by atoms with E-state index in [4.69, 9.17) is 10.8 Å². The molecule has 0 saturated carbocycles. The number of carboxylic acid groups (broad SMARTS) is 1. The van der Waals surface area contributed by atoms with E-state index >= 15 is 0 Å². The maximum absolute atomic E-state index is 11.0. The number of anilines is 2. The smallest absolute Gasteiger partial charge is 0.348 e. The molecule has 90 valence electrons. The van der Waals surface area contributed by atoms with E-state index < -0.39 is 5.97 Å². The summed E-state index contributed by atoms with van der Waals surface area (Å²) in [6, 6.07) is 1.90. The summed E-state index contributed by atoms with van der Waals surface area (Å²) >= 11 is 1.12. The number of hydrogen-bond donors (Lipinski definition) is 2. The monoisotopic (exact) mass is 251 g/mol. The van der Waals surface area contributed by atoms with Crippen molar-refractivity contribution in [2.24, 2.45) is 0 Å². The van der Waals surface area contributed by atoms with Gasteiger partial charge in [-0.25, -0.2) is 9.78 Å². The summed E-state index contributed by atoms with van der Waals surface area (Å²) in [4.78, 5) is 18.1. The van der Waals surface area contributed by atoms with Crippen LogP contribution >= 0.6 is 11.3 Å². The summed E-state index contributed by atoms with van der Waals surface area (Å²) < 4.78 is 0. The molecule has 0 saturated heterocycles. The molecule has 17 heavy (non-hydrogen) atoms. The lowest BCUT2D eigenvalue weighted by atomic mass is 10.1. The van der Waals surface area contributed by atoms with Crippen molar-refractivity contribution in [2.45, 2.75) is 6.92 Å². The van der Waals surface area contributed by atoms with Crippen LogP contribution in [0.5, 0.6) is 0 Å². The van der Waals surface area contributed by atoms with Gasteiger partial charge in [0, 0.05) is 19.5 Å². The molecule has 0 unspecified atom stereocenters. The molecule has 2 aromatic heterocycles. The van der Waals surface area contributed by atoms with Crippen LogP contribution in [-0.2, 0) is 0 Å². The number of thiophene rings is 1. The number of fused-ring (bicyclic) bond motifs is 1. The van der Waals surface area contributed by atoms with E-state index in [1.165, 1.54) is 0 Å². The van der Waals surface area contributed by atoms with Crippen LogP contribution in [0.15, 0.2) is 6.07 Å². The zero-order valence-corrected chi connectivity index (χ0v) is 10.6. The van der Waals surface area contributed by atoms with Gasteiger partial charge >= 0.3 is 5.97 Å². The minimum atomic E-state index is -1.00. The number of aromatic nitrogens is 1. The van der Waals surface area contributed by atoms with Crippen molar-refractivity contribution >= 4 is 39.0 Å². The van der Waals surface area contributed by atoms with E-state index in [1.807, 2.05) is 32.0 Å². The van der Waals surface area contributed by atoms with E-state index in [2.05, 4.69) is 4.98 Å². The molecule has 0 aliphatic rings. The Hall–Kier alpha value is -1.82. The molecule has 2 aromatic rings. The van der Waals surface area contributed by atoms with Gasteiger partial charge in [0.25, 0.3) is 0 Å². The lowest BCUT2D eigenvalue weighted by Crippen LogP contribution is -2.10. The third kappa shape index (κ3) is 1.80. The number of nitrogen functional groups attached to an aromatic ring is 1. The van der Waals surface area contributed by atoms with Crippen LogP contribution in [0.25, 0.3) is 10.2 Å². The minimum Gasteiger partial charge on any atom is -0.477 e. The number of pyridine rings is 1. The summed E-state index contributed by atoms with van der Waals surface area (Å²) in [5, 5.41) is 9.78. The van der Waals surface area contributed by atoms with Gasteiger partial charge in [0.15, 0.2) is 0 Å². The Morgan fingerprint density at radius 2 is 2.18 bits per heavy atom. The number of aryl methyl sites for hydroxylation is 1. The lowest BCUT2D eigenvalue weighted by Gasteiger charge is -2.12. The van der Waals surface area contributed by atoms with E-state index in [9.17, 15) is 4.79 Å². The largest absolute Gasteiger partial charge is 0.477 e. The van der Waals surface area contributed by atoms with Gasteiger partial charge in [-0.05, 0) is 18.6 Å². The molecule has 0 bridgehead atoms. The van der Waals surface area contributed by atoms with Crippen molar-refractivity contribution in [1.82, 2.24) is 4.98 Å². The number of rotatable bonds is 2. The molecule has 0 atom stereocenters. The second-order valence-electron chi connectivity index (χ2n) is 4.02. The molecule has 0 aliphatic heterocycles. The molecule has 2 rings (SSSR count). The van der Waals surface area contributed by atoms with Crippen molar-refractivity contribution in [1.29, 1.82) is 0 Å². The summed E-state index contributed by atoms with van der Waals surface area (Å²) in [5.41, 5.74) is 7.10. The Labute approximate surface area is 102 Å². The highest BCUT2D eigenvalue weighted by Crippen LogP contribution is 2.36. The van der Waals surface area contributed by atoms with Crippen molar-refractivity contribution in [2.75, 3.05) is 24.7 Å². The Kier molecular flexibility index (Phi) is 2.66. The topological polar surface area (TPSA) is 79.5 Å². The molecule has 0 radical (unpaired) electrons. The van der Waals surface area contributed by atoms with Crippen LogP contribution in [0.3, 0.4) is 0 Å². The summed E-state index contributed by atoms with van der Waals surface area (Å²) in [5.74, 6) is -0.204. The average molecular weight is 251 g/mol. The molecular weight excluding hydrogens is 238 g/mol. The van der Waals surface area contributed by atoms with E-state index in [0.717, 1.165) is 28.1 Å². The Morgan fingerprint density at radius 1 is 1.53 bits per heavy atom. The van der Waals surface area contributed by atoms with Gasteiger partial charge in [-0.3, -0.25) is 0 Å². The Balaban J connectivity index is 2.78. The standard InChI is InChI=1S/C11H13N3O2S/c1-5-4-6(14(2)3)13-10-7(5)8(12)9(17-10)11(15)16/h4H,12H2,1-3H3,(H,15,16). The van der Waals surface area contributed by atoms with Gasteiger partial charge in [0.05, 0.1) is 5.69 Å². The van der Waals surface area contributed by atoms with Gasteiger partial charge in [-0.15, -0.1) is 11.3 Å². The van der Waals surface area contributed by atoms with Crippen LogP contribution < -0.4 is 10.6 Å². The van der Waals surface area contributed by atoms with Crippen LogP contribution in [0.4, 0.5) is 11.5 Å². The molecule has 0 aromatic carbocycles. The third-order valence-electron chi connectivity index (χ3n) is 2.54. The van der Waals surface area contributed by atoms with Crippen molar-refractivity contribution in [3.63, 3.8) is 0 Å². The molecule has 5 nitrogen and oxygen atoms in total. The van der Waals surface area contributed by atoms with Gasteiger partial charge in [-0.2, -0.15) is 0 Å². The van der Waals surface area contributed by atoms with Crippen LogP contribution in [0.1, 0.15) is 15.2 Å².